The smallest absolute Gasteiger partial charge is 0.312 e. The lowest BCUT2D eigenvalue weighted by Crippen LogP contribution is -1.97. The average molecular weight is 211 g/mol. The van der Waals surface area contributed by atoms with Crippen LogP contribution in [0.15, 0.2) is 6.33 Å². The summed E-state index contributed by atoms with van der Waals surface area (Å²) in [6.07, 6.45) is 5.69. The molecule has 0 bridgehead atoms. The van der Waals surface area contributed by atoms with E-state index in [1.807, 2.05) is 0 Å². The molecule has 0 spiro atoms. The second-order valence-corrected chi connectivity index (χ2v) is 2.89. The Labute approximate surface area is 83.8 Å². The Hall–Kier alpha value is -1.67. The van der Waals surface area contributed by atoms with E-state index in [1.54, 1.807) is 4.57 Å². The maximum Gasteiger partial charge on any atom is 0.312 e. The van der Waals surface area contributed by atoms with Gasteiger partial charge >= 0.3 is 6.08 Å². The van der Waals surface area contributed by atoms with Crippen molar-refractivity contribution in [1.29, 1.82) is 0 Å². The van der Waals surface area contributed by atoms with Gasteiger partial charge in [-0.1, -0.05) is 17.5 Å². The Balaban J connectivity index is 2.74. The molecule has 2 rings (SSSR count). The predicted octanol–water partition coefficient (Wildman–Crippen LogP) is 1.25. The molecule has 0 aromatic carbocycles. The second kappa shape index (κ2) is 3.24. The number of terminal acetylenes is 1. The van der Waals surface area contributed by atoms with E-state index in [1.165, 1.54) is 6.33 Å². The zero-order chi connectivity index (χ0) is 10.1. The van der Waals surface area contributed by atoms with Gasteiger partial charge in [0.15, 0.2) is 10.8 Å². The summed E-state index contributed by atoms with van der Waals surface area (Å²) in [4.78, 5) is 10.7. The Bertz CT molecular complexity index is 528. The van der Waals surface area contributed by atoms with E-state index in [2.05, 4.69) is 20.9 Å². The van der Waals surface area contributed by atoms with Crippen LogP contribution in [0.1, 0.15) is 0 Å². The van der Waals surface area contributed by atoms with E-state index < -0.39 is 6.08 Å². The highest BCUT2D eigenvalue weighted by molar-refractivity contribution is 6.33. The standard InChI is InChI=1S/C8H4ClFN4/c1-2-3-14-4-11-7-5(14)6(9)12-8(10)13-7/h1,4H,3H2. The van der Waals surface area contributed by atoms with E-state index in [4.69, 9.17) is 18.0 Å². The number of imidazole rings is 1. The lowest BCUT2D eigenvalue weighted by atomic mass is 10.5. The SMILES string of the molecule is C#CCn1cnc2nc(F)nc(Cl)c21. The van der Waals surface area contributed by atoms with Crippen molar-refractivity contribution in [2.24, 2.45) is 0 Å². The molecule has 0 saturated carbocycles. The van der Waals surface area contributed by atoms with Crippen LogP contribution in [0, 0.1) is 18.4 Å². The van der Waals surface area contributed by atoms with Gasteiger partial charge in [-0.25, -0.2) is 4.98 Å². The van der Waals surface area contributed by atoms with Crippen LogP contribution in [0.5, 0.6) is 0 Å². The topological polar surface area (TPSA) is 43.6 Å². The monoisotopic (exact) mass is 210 g/mol. The molecule has 0 N–H and O–H groups in total. The molecular formula is C8H4ClFN4. The maximum atomic E-state index is 12.7. The van der Waals surface area contributed by atoms with Gasteiger partial charge in [0.25, 0.3) is 0 Å². The first kappa shape index (κ1) is 8.91. The summed E-state index contributed by atoms with van der Waals surface area (Å²) in [5, 5.41) is 0.0141. The van der Waals surface area contributed by atoms with Crippen LogP contribution in [0.3, 0.4) is 0 Å². The maximum absolute atomic E-state index is 12.7. The Kier molecular flexibility index (Phi) is 2.06. The second-order valence-electron chi connectivity index (χ2n) is 2.53. The molecule has 4 nitrogen and oxygen atoms in total. The molecule has 14 heavy (non-hydrogen) atoms. The molecule has 0 unspecified atom stereocenters. The number of nitrogens with zero attached hydrogens (tertiary/aromatic N) is 4. The van der Waals surface area contributed by atoms with Crippen LogP contribution in [0.2, 0.25) is 5.15 Å². The quantitative estimate of drug-likeness (QED) is 0.404. The Morgan fingerprint density at radius 3 is 3.07 bits per heavy atom. The van der Waals surface area contributed by atoms with E-state index in [-0.39, 0.29) is 10.8 Å². The highest BCUT2D eigenvalue weighted by Gasteiger charge is 2.10. The average Bonchev–Trinajstić information content (AvgIpc) is 2.49. The Morgan fingerprint density at radius 2 is 2.36 bits per heavy atom. The van der Waals surface area contributed by atoms with Crippen LogP contribution >= 0.6 is 11.6 Å². The first-order chi connectivity index (χ1) is 6.72. The zero-order valence-corrected chi connectivity index (χ0v) is 7.66. The summed E-state index contributed by atoms with van der Waals surface area (Å²) in [6, 6.07) is 0. The summed E-state index contributed by atoms with van der Waals surface area (Å²) >= 11 is 5.72. The number of halogens is 2. The lowest BCUT2D eigenvalue weighted by Gasteiger charge is -1.98. The molecule has 6 heteroatoms. The molecular weight excluding hydrogens is 207 g/mol. The molecule has 2 aromatic heterocycles. The van der Waals surface area contributed by atoms with Gasteiger partial charge in [0.05, 0.1) is 12.9 Å². The van der Waals surface area contributed by atoms with E-state index in [0.29, 0.717) is 12.1 Å². The summed E-state index contributed by atoms with van der Waals surface area (Å²) in [6.45, 7) is 0.297. The van der Waals surface area contributed by atoms with Gasteiger partial charge in [-0.2, -0.15) is 14.4 Å². The van der Waals surface area contributed by atoms with Gasteiger partial charge in [-0.15, -0.1) is 6.42 Å². The van der Waals surface area contributed by atoms with Crippen LogP contribution in [-0.4, -0.2) is 19.5 Å². The first-order valence-electron chi connectivity index (χ1n) is 3.69. The molecule has 0 saturated heterocycles. The van der Waals surface area contributed by atoms with E-state index in [0.717, 1.165) is 0 Å². The van der Waals surface area contributed by atoms with Crippen LogP contribution < -0.4 is 0 Å². The minimum absolute atomic E-state index is 0.0141. The Morgan fingerprint density at radius 1 is 1.57 bits per heavy atom. The number of hydrogen-bond donors (Lipinski definition) is 0. The molecule has 70 valence electrons. The predicted molar refractivity (Wildman–Crippen MR) is 49.1 cm³/mol. The minimum atomic E-state index is -0.895. The minimum Gasteiger partial charge on any atom is -0.315 e. The van der Waals surface area contributed by atoms with E-state index >= 15 is 0 Å². The summed E-state index contributed by atoms with van der Waals surface area (Å²) < 4.78 is 14.3. The first-order valence-corrected chi connectivity index (χ1v) is 4.07. The fourth-order valence-corrected chi connectivity index (χ4v) is 1.39. The van der Waals surface area contributed by atoms with Crippen molar-refractivity contribution >= 4 is 22.8 Å². The third-order valence-electron chi connectivity index (χ3n) is 1.66. The van der Waals surface area contributed by atoms with Gasteiger partial charge in [-0.05, 0) is 0 Å². The molecule has 2 aromatic rings. The van der Waals surface area contributed by atoms with Gasteiger partial charge in [-0.3, -0.25) is 0 Å². The van der Waals surface area contributed by atoms with Crippen LogP contribution in [0.25, 0.3) is 11.2 Å². The molecule has 0 radical (unpaired) electrons. The third kappa shape index (κ3) is 1.30. The largest absolute Gasteiger partial charge is 0.315 e. The van der Waals surface area contributed by atoms with Gasteiger partial charge in [0, 0.05) is 0 Å². The fraction of sp³-hybridized carbons (Fsp3) is 0.125. The molecule has 0 aliphatic heterocycles. The highest BCUT2D eigenvalue weighted by Crippen LogP contribution is 2.18. The van der Waals surface area contributed by atoms with Crippen molar-refractivity contribution in [3.63, 3.8) is 0 Å². The summed E-state index contributed by atoms with van der Waals surface area (Å²) in [7, 11) is 0. The van der Waals surface area contributed by atoms with Crippen LogP contribution in [0.4, 0.5) is 4.39 Å². The van der Waals surface area contributed by atoms with Crippen LogP contribution in [-0.2, 0) is 6.54 Å². The lowest BCUT2D eigenvalue weighted by molar-refractivity contribution is 0.543. The molecule has 0 atom stereocenters. The third-order valence-corrected chi connectivity index (χ3v) is 1.93. The highest BCUT2D eigenvalue weighted by atomic mass is 35.5. The van der Waals surface area contributed by atoms with Crippen molar-refractivity contribution in [3.8, 4) is 12.3 Å². The van der Waals surface area contributed by atoms with Crippen molar-refractivity contribution in [2.75, 3.05) is 0 Å². The summed E-state index contributed by atoms with van der Waals surface area (Å²) in [5.41, 5.74) is 0.656. The van der Waals surface area contributed by atoms with Gasteiger partial charge in [0.1, 0.15) is 5.52 Å². The number of aromatic nitrogens is 4. The molecule has 2 heterocycles. The zero-order valence-electron chi connectivity index (χ0n) is 6.91. The van der Waals surface area contributed by atoms with E-state index in [9.17, 15) is 4.39 Å². The number of rotatable bonds is 1. The van der Waals surface area contributed by atoms with Crippen molar-refractivity contribution in [1.82, 2.24) is 19.5 Å². The van der Waals surface area contributed by atoms with Crippen molar-refractivity contribution in [2.45, 2.75) is 6.54 Å². The van der Waals surface area contributed by atoms with Gasteiger partial charge in [0.2, 0.25) is 0 Å². The molecule has 0 amide bonds. The fourth-order valence-electron chi connectivity index (χ4n) is 1.13. The molecule has 0 aliphatic rings. The van der Waals surface area contributed by atoms with Crippen molar-refractivity contribution in [3.05, 3.63) is 17.6 Å². The normalized spacial score (nSPS) is 10.4. The molecule has 0 aliphatic carbocycles. The molecule has 0 fully saturated rings. The van der Waals surface area contributed by atoms with Gasteiger partial charge < -0.3 is 4.57 Å². The number of fused-ring (bicyclic) bond motifs is 1. The summed E-state index contributed by atoms with van der Waals surface area (Å²) in [5.74, 6) is 2.42. The number of hydrogen-bond acceptors (Lipinski definition) is 3. The van der Waals surface area contributed by atoms with Crippen molar-refractivity contribution < 1.29 is 4.39 Å².